The van der Waals surface area contributed by atoms with Gasteiger partial charge in [-0.3, -0.25) is 0 Å². The van der Waals surface area contributed by atoms with Crippen molar-refractivity contribution in [1.82, 2.24) is 10.2 Å². The standard InChI is InChI=1S/C20H19FN2O4/c1-3-12-25-17-10-6-15(7-11-17)20(24)26-13(2)18-22-23-19(27-18)14-4-8-16(21)9-5-14/h4-11,13H,3,12H2,1-2H3/t13-/m1/s1. The quantitative estimate of drug-likeness (QED) is 0.567. The molecule has 7 heteroatoms. The normalized spacial score (nSPS) is 11.8. The summed E-state index contributed by atoms with van der Waals surface area (Å²) in [6, 6.07) is 12.4. The summed E-state index contributed by atoms with van der Waals surface area (Å²) in [5.41, 5.74) is 0.973. The monoisotopic (exact) mass is 370 g/mol. The summed E-state index contributed by atoms with van der Waals surface area (Å²) in [6.07, 6.45) is 0.181. The Morgan fingerprint density at radius 1 is 1.11 bits per heavy atom. The highest BCUT2D eigenvalue weighted by atomic mass is 19.1. The predicted molar refractivity (Wildman–Crippen MR) is 95.8 cm³/mol. The number of carbonyl (C=O) groups excluding carboxylic acids is 1. The van der Waals surface area contributed by atoms with Gasteiger partial charge in [0, 0.05) is 5.56 Å². The zero-order valence-electron chi connectivity index (χ0n) is 15.0. The van der Waals surface area contributed by atoms with Crippen LogP contribution in [0, 0.1) is 5.82 Å². The van der Waals surface area contributed by atoms with Gasteiger partial charge in [0.05, 0.1) is 12.2 Å². The van der Waals surface area contributed by atoms with Crippen LogP contribution in [0.2, 0.25) is 0 Å². The smallest absolute Gasteiger partial charge is 0.338 e. The largest absolute Gasteiger partial charge is 0.494 e. The molecular formula is C20H19FN2O4. The van der Waals surface area contributed by atoms with Gasteiger partial charge in [0.25, 0.3) is 5.89 Å². The van der Waals surface area contributed by atoms with E-state index in [1.165, 1.54) is 24.3 Å². The van der Waals surface area contributed by atoms with E-state index in [2.05, 4.69) is 10.2 Å². The van der Waals surface area contributed by atoms with Gasteiger partial charge in [0.2, 0.25) is 5.89 Å². The number of hydrogen-bond acceptors (Lipinski definition) is 6. The average Bonchev–Trinajstić information content (AvgIpc) is 3.17. The van der Waals surface area contributed by atoms with Gasteiger partial charge in [-0.2, -0.15) is 0 Å². The highest BCUT2D eigenvalue weighted by molar-refractivity contribution is 5.89. The molecule has 1 atom stereocenters. The van der Waals surface area contributed by atoms with Gasteiger partial charge in [0.15, 0.2) is 6.10 Å². The van der Waals surface area contributed by atoms with Crippen molar-refractivity contribution in [2.45, 2.75) is 26.4 Å². The molecule has 0 unspecified atom stereocenters. The predicted octanol–water partition coefficient (Wildman–Crippen LogP) is 4.58. The van der Waals surface area contributed by atoms with Gasteiger partial charge in [0.1, 0.15) is 11.6 Å². The molecule has 0 amide bonds. The van der Waals surface area contributed by atoms with Crippen molar-refractivity contribution in [1.29, 1.82) is 0 Å². The number of nitrogens with zero attached hydrogens (tertiary/aromatic N) is 2. The lowest BCUT2D eigenvalue weighted by Crippen LogP contribution is -2.09. The fraction of sp³-hybridized carbons (Fsp3) is 0.250. The van der Waals surface area contributed by atoms with Crippen LogP contribution in [-0.4, -0.2) is 22.8 Å². The van der Waals surface area contributed by atoms with E-state index < -0.39 is 12.1 Å². The Morgan fingerprint density at radius 3 is 2.48 bits per heavy atom. The maximum Gasteiger partial charge on any atom is 0.338 e. The van der Waals surface area contributed by atoms with Crippen LogP contribution in [0.5, 0.6) is 5.75 Å². The number of halogens is 1. The van der Waals surface area contributed by atoms with Crippen LogP contribution in [0.25, 0.3) is 11.5 Å². The minimum absolute atomic E-state index is 0.158. The summed E-state index contributed by atoms with van der Waals surface area (Å²) >= 11 is 0. The number of hydrogen-bond donors (Lipinski definition) is 0. The lowest BCUT2D eigenvalue weighted by molar-refractivity contribution is 0.0280. The molecule has 27 heavy (non-hydrogen) atoms. The molecule has 3 rings (SSSR count). The Morgan fingerprint density at radius 2 is 1.81 bits per heavy atom. The number of carbonyl (C=O) groups is 1. The summed E-state index contributed by atoms with van der Waals surface area (Å²) in [6.45, 7) is 4.28. The summed E-state index contributed by atoms with van der Waals surface area (Å²) in [5.74, 6) is 0.219. The molecule has 140 valence electrons. The first-order chi connectivity index (χ1) is 13.1. The molecule has 6 nitrogen and oxygen atoms in total. The van der Waals surface area contributed by atoms with Crippen LogP contribution in [-0.2, 0) is 4.74 Å². The highest BCUT2D eigenvalue weighted by Gasteiger charge is 2.20. The number of rotatable bonds is 7. The molecule has 2 aromatic carbocycles. The van der Waals surface area contributed by atoms with Crippen molar-refractivity contribution < 1.29 is 23.1 Å². The third-order valence-electron chi connectivity index (χ3n) is 3.73. The van der Waals surface area contributed by atoms with E-state index >= 15 is 0 Å². The minimum Gasteiger partial charge on any atom is -0.494 e. The third-order valence-corrected chi connectivity index (χ3v) is 3.73. The maximum absolute atomic E-state index is 13.0. The van der Waals surface area contributed by atoms with E-state index in [4.69, 9.17) is 13.9 Å². The number of benzene rings is 2. The molecule has 0 saturated heterocycles. The van der Waals surface area contributed by atoms with E-state index in [0.717, 1.165) is 6.42 Å². The van der Waals surface area contributed by atoms with Crippen molar-refractivity contribution in [2.75, 3.05) is 6.61 Å². The molecule has 0 saturated carbocycles. The van der Waals surface area contributed by atoms with Crippen molar-refractivity contribution in [3.05, 3.63) is 65.8 Å². The first kappa shape index (κ1) is 18.6. The van der Waals surface area contributed by atoms with Gasteiger partial charge >= 0.3 is 5.97 Å². The molecule has 0 aliphatic rings. The van der Waals surface area contributed by atoms with Crippen LogP contribution in [0.4, 0.5) is 4.39 Å². The first-order valence-corrected chi connectivity index (χ1v) is 8.60. The Balaban J connectivity index is 1.63. The topological polar surface area (TPSA) is 74.5 Å². The van der Waals surface area contributed by atoms with Gasteiger partial charge in [-0.1, -0.05) is 6.92 Å². The summed E-state index contributed by atoms with van der Waals surface area (Å²) in [4.78, 5) is 12.3. The van der Waals surface area contributed by atoms with Crippen molar-refractivity contribution >= 4 is 5.97 Å². The van der Waals surface area contributed by atoms with E-state index in [9.17, 15) is 9.18 Å². The number of aromatic nitrogens is 2. The van der Waals surface area contributed by atoms with Crippen LogP contribution in [0.1, 0.15) is 42.6 Å². The first-order valence-electron chi connectivity index (χ1n) is 8.60. The SMILES string of the molecule is CCCOc1ccc(C(=O)O[C@H](C)c2nnc(-c3ccc(F)cc3)o2)cc1. The maximum atomic E-state index is 13.0. The Hall–Kier alpha value is -3.22. The van der Waals surface area contributed by atoms with Crippen LogP contribution >= 0.6 is 0 Å². The number of esters is 1. The second-order valence-electron chi connectivity index (χ2n) is 5.87. The highest BCUT2D eigenvalue weighted by Crippen LogP contribution is 2.23. The zero-order valence-corrected chi connectivity index (χ0v) is 15.0. The molecular weight excluding hydrogens is 351 g/mol. The van der Waals surface area contributed by atoms with Gasteiger partial charge in [-0.05, 0) is 61.9 Å². The lowest BCUT2D eigenvalue weighted by Gasteiger charge is -2.10. The van der Waals surface area contributed by atoms with E-state index in [1.807, 2.05) is 6.92 Å². The minimum atomic E-state index is -0.727. The summed E-state index contributed by atoms with van der Waals surface area (Å²) in [7, 11) is 0. The fourth-order valence-electron chi connectivity index (χ4n) is 2.29. The van der Waals surface area contributed by atoms with Gasteiger partial charge < -0.3 is 13.9 Å². The van der Waals surface area contributed by atoms with E-state index in [-0.39, 0.29) is 17.6 Å². The second kappa shape index (κ2) is 8.44. The molecule has 0 aliphatic carbocycles. The molecule has 1 aromatic heterocycles. The second-order valence-corrected chi connectivity index (χ2v) is 5.87. The Kier molecular flexibility index (Phi) is 5.80. The molecule has 3 aromatic rings. The van der Waals surface area contributed by atoms with Crippen LogP contribution in [0.3, 0.4) is 0 Å². The lowest BCUT2D eigenvalue weighted by atomic mass is 10.2. The molecule has 0 bridgehead atoms. The average molecular weight is 370 g/mol. The molecule has 0 fully saturated rings. The molecule has 0 aliphatic heterocycles. The molecule has 1 heterocycles. The molecule has 0 spiro atoms. The van der Waals surface area contributed by atoms with Crippen molar-refractivity contribution in [3.63, 3.8) is 0 Å². The van der Waals surface area contributed by atoms with Crippen LogP contribution < -0.4 is 4.74 Å². The molecule has 0 radical (unpaired) electrons. The van der Waals surface area contributed by atoms with Gasteiger partial charge in [-0.15, -0.1) is 10.2 Å². The fourth-order valence-corrected chi connectivity index (χ4v) is 2.29. The summed E-state index contributed by atoms with van der Waals surface area (Å²) in [5, 5.41) is 7.81. The van der Waals surface area contributed by atoms with Gasteiger partial charge in [-0.25, -0.2) is 9.18 Å². The summed E-state index contributed by atoms with van der Waals surface area (Å²) < 4.78 is 29.4. The van der Waals surface area contributed by atoms with Crippen LogP contribution in [0.15, 0.2) is 52.9 Å². The zero-order chi connectivity index (χ0) is 19.2. The Labute approximate surface area is 155 Å². The number of ether oxygens (including phenoxy) is 2. The Bertz CT molecular complexity index is 891. The third kappa shape index (κ3) is 4.69. The van der Waals surface area contributed by atoms with E-state index in [1.54, 1.807) is 31.2 Å². The van der Waals surface area contributed by atoms with Crippen molar-refractivity contribution in [2.24, 2.45) is 0 Å². The van der Waals surface area contributed by atoms with E-state index in [0.29, 0.717) is 23.5 Å². The molecule has 0 N–H and O–H groups in total. The van der Waals surface area contributed by atoms with Crippen molar-refractivity contribution in [3.8, 4) is 17.2 Å².